The first-order valence-corrected chi connectivity index (χ1v) is 6.81. The maximum absolute atomic E-state index is 10.4. The summed E-state index contributed by atoms with van der Waals surface area (Å²) in [7, 11) is 0. The zero-order valence-corrected chi connectivity index (χ0v) is 11.1. The number of benzene rings is 2. The van der Waals surface area contributed by atoms with Gasteiger partial charge in [-0.1, -0.05) is 60.7 Å². The van der Waals surface area contributed by atoms with Gasteiger partial charge in [-0.15, -0.1) is 0 Å². The van der Waals surface area contributed by atoms with E-state index in [1.165, 1.54) is 5.56 Å². The molecule has 0 bridgehead atoms. The fourth-order valence-electron chi connectivity index (χ4n) is 2.69. The molecule has 1 saturated heterocycles. The van der Waals surface area contributed by atoms with Gasteiger partial charge in [-0.25, -0.2) is 0 Å². The molecule has 0 saturated carbocycles. The molecule has 0 amide bonds. The first-order valence-electron chi connectivity index (χ1n) is 6.81. The minimum Gasteiger partial charge on any atom is -0.387 e. The minimum absolute atomic E-state index is 0.248. The second-order valence-corrected chi connectivity index (χ2v) is 5.21. The molecule has 0 aromatic heterocycles. The molecule has 1 heterocycles. The highest BCUT2D eigenvalue weighted by Crippen LogP contribution is 2.38. The van der Waals surface area contributed by atoms with Gasteiger partial charge < -0.3 is 5.11 Å². The van der Waals surface area contributed by atoms with Crippen LogP contribution in [-0.2, 0) is 0 Å². The molecule has 0 spiro atoms. The topological polar surface area (TPSA) is 23.2 Å². The molecule has 0 aliphatic carbocycles. The first-order chi connectivity index (χ1) is 9.27. The van der Waals surface area contributed by atoms with E-state index in [4.69, 9.17) is 0 Å². The lowest BCUT2D eigenvalue weighted by Gasteiger charge is -2.17. The van der Waals surface area contributed by atoms with Gasteiger partial charge in [-0.3, -0.25) is 4.90 Å². The van der Waals surface area contributed by atoms with E-state index in [-0.39, 0.29) is 12.1 Å². The quantitative estimate of drug-likeness (QED) is 0.846. The summed E-state index contributed by atoms with van der Waals surface area (Å²) in [6.07, 6.45) is -0.382. The maximum Gasteiger partial charge on any atom is 0.0957 e. The summed E-state index contributed by atoms with van der Waals surface area (Å²) in [6, 6.07) is 21.0. The number of nitrogens with zero attached hydrogens (tertiary/aromatic N) is 1. The lowest BCUT2D eigenvalue weighted by Crippen LogP contribution is -2.14. The second-order valence-electron chi connectivity index (χ2n) is 5.21. The van der Waals surface area contributed by atoms with Crippen LogP contribution in [0.4, 0.5) is 0 Å². The summed E-state index contributed by atoms with van der Waals surface area (Å²) in [5.74, 6) is 0. The Morgan fingerprint density at radius 2 is 1.47 bits per heavy atom. The molecule has 2 heteroatoms. The van der Waals surface area contributed by atoms with Gasteiger partial charge in [0, 0.05) is 12.6 Å². The number of hydrogen-bond donors (Lipinski definition) is 1. The molecule has 1 unspecified atom stereocenters. The van der Waals surface area contributed by atoms with Crippen molar-refractivity contribution in [3.8, 4) is 0 Å². The predicted octanol–water partition coefficient (Wildman–Crippen LogP) is 3.17. The molecule has 1 aliphatic heterocycles. The zero-order valence-electron chi connectivity index (χ0n) is 11.1. The predicted molar refractivity (Wildman–Crippen MR) is 76.8 cm³/mol. The number of rotatable bonds is 4. The smallest absolute Gasteiger partial charge is 0.0957 e. The van der Waals surface area contributed by atoms with Crippen LogP contribution in [-0.4, -0.2) is 22.6 Å². The highest BCUT2D eigenvalue weighted by molar-refractivity contribution is 5.24. The van der Waals surface area contributed by atoms with Crippen molar-refractivity contribution in [3.63, 3.8) is 0 Å². The normalized spacial score (nSPS) is 24.7. The average Bonchev–Trinajstić information content (AvgIpc) is 3.28. The Kier molecular flexibility index (Phi) is 3.36. The largest absolute Gasteiger partial charge is 0.387 e. The van der Waals surface area contributed by atoms with Gasteiger partial charge in [0.25, 0.3) is 0 Å². The van der Waals surface area contributed by atoms with Crippen molar-refractivity contribution in [3.05, 3.63) is 71.8 Å². The third-order valence-corrected chi connectivity index (χ3v) is 3.98. The van der Waals surface area contributed by atoms with Gasteiger partial charge in [0.05, 0.1) is 12.1 Å². The van der Waals surface area contributed by atoms with Crippen LogP contribution in [0.15, 0.2) is 60.7 Å². The van der Waals surface area contributed by atoms with Crippen molar-refractivity contribution >= 4 is 0 Å². The molecule has 2 nitrogen and oxygen atoms in total. The zero-order chi connectivity index (χ0) is 13.2. The third kappa shape index (κ3) is 2.55. The Labute approximate surface area is 114 Å². The van der Waals surface area contributed by atoms with Crippen molar-refractivity contribution in [2.45, 2.75) is 25.1 Å². The molecule has 19 heavy (non-hydrogen) atoms. The SMILES string of the molecule is C[C@H](c1ccccc1)N1C[C@H]1[C@H](O)c1ccccc1. The van der Waals surface area contributed by atoms with Crippen LogP contribution >= 0.6 is 0 Å². The molecular formula is C17H19NO. The maximum atomic E-state index is 10.4. The van der Waals surface area contributed by atoms with Crippen LogP contribution in [0, 0.1) is 0 Å². The van der Waals surface area contributed by atoms with Crippen molar-refractivity contribution in [2.24, 2.45) is 0 Å². The second kappa shape index (κ2) is 5.16. The van der Waals surface area contributed by atoms with E-state index < -0.39 is 0 Å². The van der Waals surface area contributed by atoms with E-state index in [0.717, 1.165) is 12.1 Å². The van der Waals surface area contributed by atoms with Crippen molar-refractivity contribution in [1.82, 2.24) is 4.90 Å². The summed E-state index contributed by atoms with van der Waals surface area (Å²) in [5, 5.41) is 10.4. The Hall–Kier alpha value is -1.64. The summed E-state index contributed by atoms with van der Waals surface area (Å²) in [5.41, 5.74) is 2.32. The van der Waals surface area contributed by atoms with Crippen LogP contribution in [0.2, 0.25) is 0 Å². The van der Waals surface area contributed by atoms with Crippen molar-refractivity contribution < 1.29 is 5.11 Å². The van der Waals surface area contributed by atoms with Crippen LogP contribution in [0.1, 0.15) is 30.2 Å². The summed E-state index contributed by atoms with van der Waals surface area (Å²) < 4.78 is 0. The Morgan fingerprint density at radius 1 is 0.947 bits per heavy atom. The van der Waals surface area contributed by atoms with Crippen LogP contribution in [0.25, 0.3) is 0 Å². The number of aliphatic hydroxyl groups excluding tert-OH is 1. The van der Waals surface area contributed by atoms with Crippen molar-refractivity contribution in [1.29, 1.82) is 0 Å². The van der Waals surface area contributed by atoms with E-state index in [1.807, 2.05) is 36.4 Å². The molecule has 2 aromatic carbocycles. The lowest BCUT2D eigenvalue weighted by molar-refractivity contribution is 0.151. The van der Waals surface area contributed by atoms with Gasteiger partial charge in [0.2, 0.25) is 0 Å². The fourth-order valence-corrected chi connectivity index (χ4v) is 2.69. The molecule has 98 valence electrons. The van der Waals surface area contributed by atoms with Crippen LogP contribution in [0.5, 0.6) is 0 Å². The highest BCUT2D eigenvalue weighted by Gasteiger charge is 2.43. The van der Waals surface area contributed by atoms with E-state index in [2.05, 4.69) is 36.1 Å². The molecule has 1 N–H and O–H groups in total. The van der Waals surface area contributed by atoms with Gasteiger partial charge in [0.1, 0.15) is 0 Å². The van der Waals surface area contributed by atoms with Gasteiger partial charge >= 0.3 is 0 Å². The Balaban J connectivity index is 1.68. The van der Waals surface area contributed by atoms with Crippen LogP contribution < -0.4 is 0 Å². The van der Waals surface area contributed by atoms with E-state index >= 15 is 0 Å². The third-order valence-electron chi connectivity index (χ3n) is 3.98. The van der Waals surface area contributed by atoms with E-state index in [1.54, 1.807) is 0 Å². The Bertz CT molecular complexity index is 476. The monoisotopic (exact) mass is 253 g/mol. The molecule has 4 atom stereocenters. The standard InChI is InChI=1S/C17H19NO/c1-13(14-8-4-2-5-9-14)18-12-16(18)17(19)15-10-6-3-7-11-15/h2-11,13,16-17,19H,12H2,1H3/t13-,16+,17-,18?/m1/s1. The lowest BCUT2D eigenvalue weighted by atomic mass is 10.1. The van der Waals surface area contributed by atoms with Gasteiger partial charge in [-0.2, -0.15) is 0 Å². The van der Waals surface area contributed by atoms with Crippen LogP contribution in [0.3, 0.4) is 0 Å². The molecule has 2 aromatic rings. The summed E-state index contributed by atoms with van der Waals surface area (Å²) in [6.45, 7) is 3.17. The molecule has 1 aliphatic rings. The molecule has 1 fully saturated rings. The van der Waals surface area contributed by atoms with E-state index in [0.29, 0.717) is 6.04 Å². The molecule has 0 radical (unpaired) electrons. The van der Waals surface area contributed by atoms with E-state index in [9.17, 15) is 5.11 Å². The highest BCUT2D eigenvalue weighted by atomic mass is 16.3. The number of hydrogen-bond acceptors (Lipinski definition) is 2. The minimum atomic E-state index is -0.382. The van der Waals surface area contributed by atoms with Gasteiger partial charge in [-0.05, 0) is 18.1 Å². The summed E-state index contributed by atoms with van der Waals surface area (Å²) in [4.78, 5) is 2.34. The number of aliphatic hydroxyl groups is 1. The average molecular weight is 253 g/mol. The Morgan fingerprint density at radius 3 is 2.05 bits per heavy atom. The molecule has 3 rings (SSSR count). The molecular weight excluding hydrogens is 234 g/mol. The fraction of sp³-hybridized carbons (Fsp3) is 0.294. The first kappa shape index (κ1) is 12.4. The van der Waals surface area contributed by atoms with Gasteiger partial charge in [0.15, 0.2) is 0 Å². The van der Waals surface area contributed by atoms with Crippen molar-refractivity contribution in [2.75, 3.05) is 6.54 Å². The summed E-state index contributed by atoms with van der Waals surface area (Å²) >= 11 is 0.